The fraction of sp³-hybridized carbons (Fsp3) is 0.462. The molecular weight excluding hydrogens is 744 g/mol. The van der Waals surface area contributed by atoms with Crippen molar-refractivity contribution in [3.63, 3.8) is 0 Å². The second-order valence-corrected chi connectivity index (χ2v) is 33.7. The van der Waals surface area contributed by atoms with Crippen molar-refractivity contribution in [1.82, 2.24) is 0 Å². The molecule has 4 bridgehead atoms. The topological polar surface area (TPSA) is 0 Å². The molecule has 1 aliphatic heterocycles. The molecule has 4 aromatic rings. The van der Waals surface area contributed by atoms with Crippen molar-refractivity contribution in [2.45, 2.75) is 148 Å². The van der Waals surface area contributed by atoms with Crippen LogP contribution in [-0.4, -0.2) is 8.07 Å². The van der Waals surface area contributed by atoms with E-state index in [1.165, 1.54) is 33.9 Å². The van der Waals surface area contributed by atoms with Crippen LogP contribution >= 0.6 is 0 Å². The number of hydrogen-bond acceptors (Lipinski definition) is 0. The molecule has 0 amide bonds. The Labute approximate surface area is 335 Å². The van der Waals surface area contributed by atoms with Gasteiger partial charge < -0.3 is 0 Å². The van der Waals surface area contributed by atoms with E-state index in [-0.39, 0.29) is 0 Å². The van der Waals surface area contributed by atoms with E-state index >= 15 is 0 Å². The molecule has 54 heavy (non-hydrogen) atoms. The van der Waals surface area contributed by atoms with Crippen LogP contribution in [0.1, 0.15) is 184 Å². The molecule has 0 spiro atoms. The van der Waals surface area contributed by atoms with Crippen molar-refractivity contribution >= 4 is 28.8 Å². The zero-order valence-corrected chi connectivity index (χ0v) is 39.2. The van der Waals surface area contributed by atoms with Gasteiger partial charge in [0.1, 0.15) is 0 Å². The Hall–Kier alpha value is -2.54. The van der Waals surface area contributed by atoms with Crippen LogP contribution in [0.2, 0.25) is 8.26 Å². The van der Waals surface area contributed by atoms with Crippen LogP contribution in [0.15, 0.2) is 96.1 Å². The third-order valence-corrected chi connectivity index (χ3v) is 34.9. The molecule has 0 saturated heterocycles. The summed E-state index contributed by atoms with van der Waals surface area (Å²) in [4.78, 5) is 0. The Kier molecular flexibility index (Phi) is 11.3. The normalized spacial score (nSPS) is 19.6. The molecule has 284 valence electrons. The van der Waals surface area contributed by atoms with Crippen molar-refractivity contribution < 1.29 is 20.3 Å². The van der Waals surface area contributed by atoms with Crippen LogP contribution < -0.4 is 10.4 Å². The summed E-state index contributed by atoms with van der Waals surface area (Å²) in [5.41, 5.74) is 16.8. The average molecular weight is 812 g/mol. The summed E-state index contributed by atoms with van der Waals surface area (Å²) in [5, 5.41) is 6.67. The van der Waals surface area contributed by atoms with E-state index in [0.29, 0.717) is 30.9 Å². The molecule has 2 heteroatoms. The van der Waals surface area contributed by atoms with Gasteiger partial charge in [0.25, 0.3) is 0 Å². The molecule has 0 radical (unpaired) electrons. The van der Waals surface area contributed by atoms with Gasteiger partial charge in [-0.05, 0) is 0 Å². The van der Waals surface area contributed by atoms with Gasteiger partial charge in [-0.25, -0.2) is 0 Å². The summed E-state index contributed by atoms with van der Waals surface area (Å²) in [6, 6.07) is 35.0. The van der Waals surface area contributed by atoms with Gasteiger partial charge in [0.2, 0.25) is 0 Å². The van der Waals surface area contributed by atoms with Crippen LogP contribution in [0.25, 0.3) is 10.4 Å². The van der Waals surface area contributed by atoms with Gasteiger partial charge in [-0.3, -0.25) is 0 Å². The standard InChI is InChI=1S/C44H50Si.2C4H9.Zr/c1-27(2)33-23-35-21-31(9)43(41(35)39(25-33)29(5)6)45(37-17-13-11-14-18-37,38-19-15-12-16-20-38)44-32(10)22-36-24-34(28(3)4)26-40(30(7)8)42(36)44;2*1-3-4-2;/h11-30H,1-10H3;2*1,3-4H2,2H3;. The predicted molar refractivity (Wildman–Crippen MR) is 237 cm³/mol. The summed E-state index contributed by atoms with van der Waals surface area (Å²) in [6.07, 6.45) is 5.30. The van der Waals surface area contributed by atoms with E-state index in [1.54, 1.807) is 76.4 Å². The SMILES string of the molecule is CCC[CH2][Zr]1([CH2]CCC)[CH]2C(C)=C(c3c(C(C)C)cc(C(C)C)cc32)[Si](c2ccccc2)(c2ccccc2)C2=C(C)[CH]1c1cc(C(C)C)cc(C(C)C)c12. The van der Waals surface area contributed by atoms with E-state index in [0.717, 1.165) is 0 Å². The van der Waals surface area contributed by atoms with Gasteiger partial charge in [-0.1, -0.05) is 0 Å². The first kappa shape index (κ1) is 39.7. The monoisotopic (exact) mass is 810 g/mol. The Balaban J connectivity index is 1.80. The third kappa shape index (κ3) is 5.97. The van der Waals surface area contributed by atoms with Crippen molar-refractivity contribution in [2.24, 2.45) is 0 Å². The first-order valence-electron chi connectivity index (χ1n) is 21.8. The van der Waals surface area contributed by atoms with Crippen LogP contribution in [0.4, 0.5) is 0 Å². The molecule has 4 aromatic carbocycles. The quantitative estimate of drug-likeness (QED) is 0.125. The van der Waals surface area contributed by atoms with Crippen molar-refractivity contribution in [3.8, 4) is 0 Å². The fourth-order valence-electron chi connectivity index (χ4n) is 11.8. The number of allylic oxidation sites excluding steroid dienone is 2. The number of benzene rings is 4. The first-order valence-corrected chi connectivity index (χ1v) is 30.1. The Morgan fingerprint density at radius 2 is 0.889 bits per heavy atom. The van der Waals surface area contributed by atoms with Gasteiger partial charge in [-0.2, -0.15) is 0 Å². The number of rotatable bonds is 12. The molecule has 2 unspecified atom stereocenters. The molecule has 1 heterocycles. The molecule has 7 rings (SSSR count). The van der Waals surface area contributed by atoms with E-state index in [4.69, 9.17) is 0 Å². The van der Waals surface area contributed by atoms with Gasteiger partial charge in [0.05, 0.1) is 0 Å². The summed E-state index contributed by atoms with van der Waals surface area (Å²) in [5.74, 6) is 1.92. The second kappa shape index (κ2) is 15.4. The maximum atomic E-state index is 2.79. The van der Waals surface area contributed by atoms with Crippen LogP contribution in [0.5, 0.6) is 0 Å². The Morgan fingerprint density at radius 1 is 0.519 bits per heavy atom. The number of hydrogen-bond donors (Lipinski definition) is 0. The minimum atomic E-state index is -3.37. The van der Waals surface area contributed by atoms with Crippen molar-refractivity contribution in [3.05, 3.63) is 141 Å². The predicted octanol–water partition coefficient (Wildman–Crippen LogP) is 14.5. The minimum absolute atomic E-state index is 0.452. The van der Waals surface area contributed by atoms with E-state index in [9.17, 15) is 0 Å². The summed E-state index contributed by atoms with van der Waals surface area (Å²) < 4.78 is 4.14. The molecule has 0 nitrogen and oxygen atoms in total. The number of unbranched alkanes of at least 4 members (excludes halogenated alkanes) is 2. The third-order valence-electron chi connectivity index (χ3n) is 14.1. The van der Waals surface area contributed by atoms with Crippen molar-refractivity contribution in [1.29, 1.82) is 0 Å². The van der Waals surface area contributed by atoms with Gasteiger partial charge in [0, 0.05) is 0 Å². The molecule has 0 fully saturated rings. The summed E-state index contributed by atoms with van der Waals surface area (Å²) in [7, 11) is -2.90. The average Bonchev–Trinajstić information content (AvgIpc) is 3.64. The van der Waals surface area contributed by atoms with E-state index < -0.39 is 28.3 Å². The molecule has 2 aliphatic carbocycles. The van der Waals surface area contributed by atoms with Gasteiger partial charge >= 0.3 is 338 Å². The van der Waals surface area contributed by atoms with Crippen LogP contribution in [-0.2, 0) is 20.3 Å². The molecule has 0 aromatic heterocycles. The Bertz CT molecular complexity index is 1920. The molecule has 3 aliphatic rings. The zero-order valence-electron chi connectivity index (χ0n) is 35.8. The van der Waals surface area contributed by atoms with Crippen LogP contribution in [0.3, 0.4) is 0 Å². The van der Waals surface area contributed by atoms with Gasteiger partial charge in [0.15, 0.2) is 0 Å². The summed E-state index contributed by atoms with van der Waals surface area (Å²) in [6.45, 7) is 29.9. The fourth-order valence-corrected chi connectivity index (χ4v) is 36.7. The number of fused-ring (bicyclic) bond motifs is 8. The van der Waals surface area contributed by atoms with Crippen molar-refractivity contribution in [2.75, 3.05) is 0 Å². The molecule has 0 N–H and O–H groups in total. The molecular formula is C52H68SiZr. The van der Waals surface area contributed by atoms with E-state index in [2.05, 4.69) is 168 Å². The second-order valence-electron chi connectivity index (χ2n) is 18.7. The zero-order chi connectivity index (χ0) is 38.7. The van der Waals surface area contributed by atoms with Gasteiger partial charge in [-0.15, -0.1) is 0 Å². The molecule has 0 saturated carbocycles. The first-order chi connectivity index (χ1) is 25.9. The van der Waals surface area contributed by atoms with E-state index in [1.807, 2.05) is 0 Å². The molecule has 2 atom stereocenters. The maximum absolute atomic E-state index is 3.37. The summed E-state index contributed by atoms with van der Waals surface area (Å²) >= 11 is -3.37. The van der Waals surface area contributed by atoms with Crippen LogP contribution in [0, 0.1) is 0 Å². The Morgan fingerprint density at radius 3 is 1.20 bits per heavy atom.